The lowest BCUT2D eigenvalue weighted by Gasteiger charge is -2.11. The predicted octanol–water partition coefficient (Wildman–Crippen LogP) is 5.96. The fourth-order valence-electron chi connectivity index (χ4n) is 3.28. The highest BCUT2D eigenvalue weighted by Gasteiger charge is 2.16. The van der Waals surface area contributed by atoms with Crippen LogP contribution in [-0.2, 0) is 9.84 Å². The van der Waals surface area contributed by atoms with Crippen molar-refractivity contribution in [2.45, 2.75) is 9.79 Å². The lowest BCUT2D eigenvalue weighted by atomic mass is 10.0. The van der Waals surface area contributed by atoms with E-state index in [2.05, 4.69) is 0 Å². The molecule has 0 unspecified atom stereocenters. The molecule has 0 aliphatic rings. The van der Waals surface area contributed by atoms with Crippen LogP contribution < -0.4 is 0 Å². The number of aromatic nitrogens is 2. The standard InChI is InChI=1S/C24H20ClN3O3S3/c1-27(29)24(32)33-20-5-3-4-19(14-20)28-15-22(16-6-10-18(25)11-7-16)23(26-28)17-8-12-21(13-9-17)34(2,30)31/h3-15,29H,1-2H3. The van der Waals surface area contributed by atoms with Gasteiger partial charge in [0.15, 0.2) is 14.2 Å². The molecule has 0 atom stereocenters. The monoisotopic (exact) mass is 529 g/mol. The molecule has 0 spiro atoms. The molecular formula is C24H20ClN3O3S3. The van der Waals surface area contributed by atoms with E-state index in [4.69, 9.17) is 28.9 Å². The molecule has 0 saturated carbocycles. The Hall–Kier alpha value is -2.69. The van der Waals surface area contributed by atoms with Crippen LogP contribution in [0.1, 0.15) is 0 Å². The number of hydrogen-bond donors (Lipinski definition) is 1. The maximum absolute atomic E-state index is 11.9. The summed E-state index contributed by atoms with van der Waals surface area (Å²) in [5, 5.41) is 15.9. The molecule has 34 heavy (non-hydrogen) atoms. The Balaban J connectivity index is 1.80. The largest absolute Gasteiger partial charge is 0.287 e. The first-order chi connectivity index (χ1) is 16.1. The van der Waals surface area contributed by atoms with Gasteiger partial charge in [-0.05, 0) is 48.0 Å². The molecule has 3 aromatic carbocycles. The minimum atomic E-state index is -3.30. The number of thiocarbonyl (C=S) groups is 1. The molecule has 0 bridgehead atoms. The first kappa shape index (κ1) is 24.4. The zero-order chi connectivity index (χ0) is 24.5. The molecular weight excluding hydrogens is 510 g/mol. The number of thioether (sulfide) groups is 1. The summed E-state index contributed by atoms with van der Waals surface area (Å²) in [6.07, 6.45) is 3.10. The molecule has 0 saturated heterocycles. The number of sulfone groups is 1. The van der Waals surface area contributed by atoms with Crippen LogP contribution in [0.2, 0.25) is 5.02 Å². The number of rotatable bonds is 5. The number of nitrogens with zero attached hydrogens (tertiary/aromatic N) is 3. The summed E-state index contributed by atoms with van der Waals surface area (Å²) in [7, 11) is -1.82. The van der Waals surface area contributed by atoms with E-state index in [1.165, 1.54) is 25.1 Å². The third kappa shape index (κ3) is 5.51. The van der Waals surface area contributed by atoms with Crippen LogP contribution in [0.15, 0.2) is 88.8 Å². The van der Waals surface area contributed by atoms with Crippen molar-refractivity contribution < 1.29 is 13.6 Å². The fourth-order valence-corrected chi connectivity index (χ4v) is 4.98. The Bertz CT molecular complexity index is 1450. The van der Waals surface area contributed by atoms with Crippen molar-refractivity contribution in [3.8, 4) is 28.1 Å². The topological polar surface area (TPSA) is 75.4 Å². The lowest BCUT2D eigenvalue weighted by molar-refractivity contribution is 0.0205. The lowest BCUT2D eigenvalue weighted by Crippen LogP contribution is -2.16. The number of halogens is 1. The van der Waals surface area contributed by atoms with Crippen molar-refractivity contribution in [2.24, 2.45) is 0 Å². The van der Waals surface area contributed by atoms with Gasteiger partial charge in [-0.15, -0.1) is 0 Å². The summed E-state index contributed by atoms with van der Waals surface area (Å²) in [6, 6.07) is 21.8. The zero-order valence-electron chi connectivity index (χ0n) is 18.2. The van der Waals surface area contributed by atoms with Gasteiger partial charge in [0.2, 0.25) is 0 Å². The van der Waals surface area contributed by atoms with Crippen LogP contribution in [0.25, 0.3) is 28.1 Å². The maximum Gasteiger partial charge on any atom is 0.175 e. The molecule has 0 radical (unpaired) electrons. The van der Waals surface area contributed by atoms with Crippen LogP contribution >= 0.6 is 35.6 Å². The third-order valence-corrected chi connectivity index (χ3v) is 7.80. The van der Waals surface area contributed by atoms with Crippen LogP contribution in [0, 0.1) is 0 Å². The molecule has 4 aromatic rings. The predicted molar refractivity (Wildman–Crippen MR) is 141 cm³/mol. The minimum Gasteiger partial charge on any atom is -0.287 e. The average molecular weight is 530 g/mol. The van der Waals surface area contributed by atoms with Gasteiger partial charge in [-0.2, -0.15) is 5.10 Å². The van der Waals surface area contributed by atoms with E-state index in [0.29, 0.717) is 15.0 Å². The van der Waals surface area contributed by atoms with Gasteiger partial charge in [-0.3, -0.25) is 5.21 Å². The van der Waals surface area contributed by atoms with E-state index in [9.17, 15) is 13.6 Å². The molecule has 4 rings (SSSR count). The van der Waals surface area contributed by atoms with Crippen molar-refractivity contribution >= 4 is 49.7 Å². The summed E-state index contributed by atoms with van der Waals surface area (Å²) < 4.78 is 25.8. The van der Waals surface area contributed by atoms with Crippen molar-refractivity contribution in [1.29, 1.82) is 0 Å². The van der Waals surface area contributed by atoms with Crippen LogP contribution in [0.5, 0.6) is 0 Å². The Kier molecular flexibility index (Phi) is 7.11. The van der Waals surface area contributed by atoms with Crippen molar-refractivity contribution in [3.63, 3.8) is 0 Å². The van der Waals surface area contributed by atoms with E-state index in [0.717, 1.165) is 32.3 Å². The number of hydrogen-bond acceptors (Lipinski definition) is 6. The molecule has 0 aliphatic carbocycles. The molecule has 6 nitrogen and oxygen atoms in total. The first-order valence-electron chi connectivity index (χ1n) is 10.0. The van der Waals surface area contributed by atoms with Crippen LogP contribution in [-0.4, -0.2) is 46.1 Å². The van der Waals surface area contributed by atoms with E-state index in [-0.39, 0.29) is 4.90 Å². The van der Waals surface area contributed by atoms with E-state index in [1.54, 1.807) is 28.9 Å². The molecule has 1 aromatic heterocycles. The smallest absolute Gasteiger partial charge is 0.175 e. The van der Waals surface area contributed by atoms with E-state index >= 15 is 0 Å². The zero-order valence-corrected chi connectivity index (χ0v) is 21.4. The van der Waals surface area contributed by atoms with Gasteiger partial charge in [-0.1, -0.05) is 65.9 Å². The van der Waals surface area contributed by atoms with Gasteiger partial charge in [-0.25, -0.2) is 18.2 Å². The van der Waals surface area contributed by atoms with Crippen molar-refractivity contribution in [2.75, 3.05) is 13.3 Å². The Morgan fingerprint density at radius 2 is 1.71 bits per heavy atom. The second kappa shape index (κ2) is 9.89. The van der Waals surface area contributed by atoms with Gasteiger partial charge in [0.1, 0.15) is 5.69 Å². The average Bonchev–Trinajstić information content (AvgIpc) is 3.25. The Labute approximate surface area is 212 Å². The second-order valence-electron chi connectivity index (χ2n) is 7.53. The molecule has 174 valence electrons. The van der Waals surface area contributed by atoms with Crippen molar-refractivity contribution in [1.82, 2.24) is 14.8 Å². The van der Waals surface area contributed by atoms with Crippen LogP contribution in [0.3, 0.4) is 0 Å². The highest BCUT2D eigenvalue weighted by Crippen LogP contribution is 2.34. The van der Waals surface area contributed by atoms with Gasteiger partial charge in [0.05, 0.1) is 10.6 Å². The molecule has 1 heterocycles. The highest BCUT2D eigenvalue weighted by atomic mass is 35.5. The minimum absolute atomic E-state index is 0.248. The summed E-state index contributed by atoms with van der Waals surface area (Å²) in [5.41, 5.74) is 4.08. The molecule has 0 aliphatic heterocycles. The molecule has 0 fully saturated rings. The maximum atomic E-state index is 11.9. The summed E-state index contributed by atoms with van der Waals surface area (Å²) in [4.78, 5) is 1.10. The van der Waals surface area contributed by atoms with Crippen LogP contribution in [0.4, 0.5) is 0 Å². The number of benzene rings is 3. The Morgan fingerprint density at radius 3 is 2.32 bits per heavy atom. The summed E-state index contributed by atoms with van der Waals surface area (Å²) >= 11 is 12.5. The van der Waals surface area contributed by atoms with Gasteiger partial charge >= 0.3 is 0 Å². The first-order valence-corrected chi connectivity index (χ1v) is 13.5. The normalized spacial score (nSPS) is 11.4. The van der Waals surface area contributed by atoms with Gasteiger partial charge in [0.25, 0.3) is 0 Å². The number of hydroxylamine groups is 2. The van der Waals surface area contributed by atoms with E-state index < -0.39 is 9.84 Å². The highest BCUT2D eigenvalue weighted by molar-refractivity contribution is 8.22. The molecule has 0 amide bonds. The fraction of sp³-hybridized carbons (Fsp3) is 0.0833. The molecule has 10 heteroatoms. The Morgan fingerprint density at radius 1 is 1.06 bits per heavy atom. The second-order valence-corrected chi connectivity index (χ2v) is 11.7. The molecule has 1 N–H and O–H groups in total. The summed E-state index contributed by atoms with van der Waals surface area (Å²) in [5.74, 6) is 0. The van der Waals surface area contributed by atoms with E-state index in [1.807, 2.05) is 54.7 Å². The summed E-state index contributed by atoms with van der Waals surface area (Å²) in [6.45, 7) is 0. The quantitative estimate of drug-likeness (QED) is 0.194. The van der Waals surface area contributed by atoms with Gasteiger partial charge < -0.3 is 0 Å². The third-order valence-electron chi connectivity index (χ3n) is 4.98. The van der Waals surface area contributed by atoms with Gasteiger partial charge in [0, 0.05) is 40.5 Å². The van der Waals surface area contributed by atoms with Crippen molar-refractivity contribution in [3.05, 3.63) is 84.0 Å². The SMILES string of the molecule is CN(O)C(=S)Sc1cccc(-n2cc(-c3ccc(Cl)cc3)c(-c3ccc(S(C)(=O)=O)cc3)n2)c1.